The van der Waals surface area contributed by atoms with Crippen molar-refractivity contribution in [2.24, 2.45) is 5.92 Å². The molecule has 0 aliphatic carbocycles. The second-order valence-electron chi connectivity index (χ2n) is 7.08. The zero-order chi connectivity index (χ0) is 19.3. The highest BCUT2D eigenvalue weighted by atomic mass is 32.1. The van der Waals surface area contributed by atoms with Crippen molar-refractivity contribution in [3.8, 4) is 11.5 Å². The van der Waals surface area contributed by atoms with Crippen LogP contribution >= 0.6 is 11.3 Å². The van der Waals surface area contributed by atoms with Crippen LogP contribution in [0.3, 0.4) is 0 Å². The van der Waals surface area contributed by atoms with Crippen molar-refractivity contribution < 1.29 is 14.6 Å². The van der Waals surface area contributed by atoms with Crippen LogP contribution < -0.4 is 4.74 Å². The number of rotatable bonds is 6. The highest BCUT2D eigenvalue weighted by molar-refractivity contribution is 7.10. The molecule has 0 radical (unpaired) electrons. The van der Waals surface area contributed by atoms with Crippen molar-refractivity contribution in [2.45, 2.75) is 18.9 Å². The summed E-state index contributed by atoms with van der Waals surface area (Å²) in [5.74, 6) is 0.587. The molecule has 0 spiro atoms. The first kappa shape index (κ1) is 18.7. The molecule has 0 saturated carbocycles. The Labute approximate surface area is 169 Å². The van der Waals surface area contributed by atoms with Gasteiger partial charge in [0.2, 0.25) is 0 Å². The number of piperidine rings is 1. The fourth-order valence-electron chi connectivity index (χ4n) is 3.82. The van der Waals surface area contributed by atoms with E-state index in [0.717, 1.165) is 36.4 Å². The summed E-state index contributed by atoms with van der Waals surface area (Å²) in [6.07, 6.45) is 1.65. The highest BCUT2D eigenvalue weighted by Crippen LogP contribution is 2.36. The Morgan fingerprint density at radius 2 is 1.89 bits per heavy atom. The van der Waals surface area contributed by atoms with E-state index >= 15 is 0 Å². The van der Waals surface area contributed by atoms with Crippen molar-refractivity contribution in [3.05, 3.63) is 82.6 Å². The van der Waals surface area contributed by atoms with Crippen molar-refractivity contribution in [2.75, 3.05) is 13.1 Å². The van der Waals surface area contributed by atoms with Crippen molar-refractivity contribution >= 4 is 17.3 Å². The van der Waals surface area contributed by atoms with E-state index in [1.54, 1.807) is 11.3 Å². The molecule has 4 nitrogen and oxygen atoms in total. The molecule has 2 unspecified atom stereocenters. The van der Waals surface area contributed by atoms with E-state index in [9.17, 15) is 9.90 Å². The smallest absolute Gasteiger partial charge is 0.307 e. The van der Waals surface area contributed by atoms with Crippen LogP contribution in [0, 0.1) is 5.92 Å². The molecule has 2 aromatic carbocycles. The van der Waals surface area contributed by atoms with Crippen LogP contribution in [-0.4, -0.2) is 29.1 Å². The Bertz CT molecular complexity index is 911. The second kappa shape index (κ2) is 8.59. The van der Waals surface area contributed by atoms with Gasteiger partial charge >= 0.3 is 5.97 Å². The Hall–Kier alpha value is -2.63. The molecule has 1 aliphatic rings. The lowest BCUT2D eigenvalue weighted by Gasteiger charge is -2.37. The number of aliphatic carboxylic acids is 1. The Morgan fingerprint density at radius 3 is 2.64 bits per heavy atom. The average Bonchev–Trinajstić information content (AvgIpc) is 3.24. The van der Waals surface area contributed by atoms with Crippen molar-refractivity contribution in [3.63, 3.8) is 0 Å². The third kappa shape index (κ3) is 4.26. The predicted octanol–water partition coefficient (Wildman–Crippen LogP) is 5.43. The number of likely N-dealkylation sites (tertiary alicyclic amines) is 1. The number of nitrogens with zero attached hydrogens (tertiary/aromatic N) is 1. The van der Waals surface area contributed by atoms with Crippen LogP contribution in [-0.2, 0) is 4.79 Å². The van der Waals surface area contributed by atoms with Gasteiger partial charge in [0, 0.05) is 11.4 Å². The summed E-state index contributed by atoms with van der Waals surface area (Å²) in [4.78, 5) is 15.1. The number of ether oxygens (including phenoxy) is 1. The van der Waals surface area contributed by atoms with Crippen LogP contribution in [0.2, 0.25) is 0 Å². The molecule has 4 rings (SSSR count). The van der Waals surface area contributed by atoms with Crippen LogP contribution in [0.5, 0.6) is 11.5 Å². The lowest BCUT2D eigenvalue weighted by atomic mass is 9.94. The number of benzene rings is 2. The van der Waals surface area contributed by atoms with Crippen molar-refractivity contribution in [1.29, 1.82) is 0 Å². The topological polar surface area (TPSA) is 49.8 Å². The van der Waals surface area contributed by atoms with Gasteiger partial charge in [0.25, 0.3) is 0 Å². The minimum Gasteiger partial charge on any atom is -0.481 e. The molecule has 2 atom stereocenters. The molecule has 3 aromatic rings. The molecule has 1 aromatic heterocycles. The number of hydrogen-bond acceptors (Lipinski definition) is 4. The van der Waals surface area contributed by atoms with Crippen LogP contribution in [0.25, 0.3) is 0 Å². The maximum absolute atomic E-state index is 11.6. The van der Waals surface area contributed by atoms with Gasteiger partial charge in [-0.3, -0.25) is 9.69 Å². The first-order valence-corrected chi connectivity index (χ1v) is 10.4. The minimum atomic E-state index is -0.698. The van der Waals surface area contributed by atoms with E-state index in [1.165, 1.54) is 4.88 Å². The zero-order valence-electron chi connectivity index (χ0n) is 15.5. The van der Waals surface area contributed by atoms with E-state index < -0.39 is 5.97 Å². The summed E-state index contributed by atoms with van der Waals surface area (Å²) in [7, 11) is 0. The van der Waals surface area contributed by atoms with Gasteiger partial charge in [0.1, 0.15) is 11.5 Å². The summed E-state index contributed by atoms with van der Waals surface area (Å²) in [5, 5.41) is 11.6. The van der Waals surface area contributed by atoms with Gasteiger partial charge in [0.15, 0.2) is 0 Å². The second-order valence-corrected chi connectivity index (χ2v) is 8.06. The molecular formula is C23H23NO3S. The summed E-state index contributed by atoms with van der Waals surface area (Å²) < 4.78 is 6.02. The van der Waals surface area contributed by atoms with Crippen LogP contribution in [0.4, 0.5) is 0 Å². The van der Waals surface area contributed by atoms with Crippen molar-refractivity contribution in [1.82, 2.24) is 4.90 Å². The van der Waals surface area contributed by atoms with Gasteiger partial charge in [-0.15, -0.1) is 11.3 Å². The van der Waals surface area contributed by atoms with E-state index in [0.29, 0.717) is 6.54 Å². The Kier molecular flexibility index (Phi) is 5.74. The number of carbonyl (C=O) groups is 1. The molecule has 28 heavy (non-hydrogen) atoms. The van der Waals surface area contributed by atoms with E-state index in [2.05, 4.69) is 34.5 Å². The maximum atomic E-state index is 11.6. The molecule has 1 saturated heterocycles. The SMILES string of the molecule is O=C(O)C1CCCN(C(c2cccc(Oc3ccccc3)c2)c2cccs2)C1. The molecule has 144 valence electrons. The third-order valence-electron chi connectivity index (χ3n) is 5.13. The molecule has 1 aliphatic heterocycles. The van der Waals surface area contributed by atoms with Gasteiger partial charge in [0.05, 0.1) is 12.0 Å². The van der Waals surface area contributed by atoms with Crippen LogP contribution in [0.1, 0.15) is 29.3 Å². The molecule has 1 fully saturated rings. The number of carboxylic acid groups (broad SMARTS) is 1. The van der Waals surface area contributed by atoms with E-state index in [1.807, 2.05) is 42.5 Å². The number of carboxylic acids is 1. The zero-order valence-corrected chi connectivity index (χ0v) is 16.3. The molecule has 2 heterocycles. The molecule has 0 amide bonds. The van der Waals surface area contributed by atoms with Gasteiger partial charge in [-0.25, -0.2) is 0 Å². The average molecular weight is 394 g/mol. The van der Waals surface area contributed by atoms with Crippen LogP contribution in [0.15, 0.2) is 72.1 Å². The summed E-state index contributed by atoms with van der Waals surface area (Å²) in [5.41, 5.74) is 1.13. The maximum Gasteiger partial charge on any atom is 0.307 e. The fourth-order valence-corrected chi connectivity index (χ4v) is 4.70. The molecular weight excluding hydrogens is 370 g/mol. The van der Waals surface area contributed by atoms with Gasteiger partial charge in [-0.1, -0.05) is 36.4 Å². The first-order chi connectivity index (χ1) is 13.7. The third-order valence-corrected chi connectivity index (χ3v) is 6.06. The summed E-state index contributed by atoms with van der Waals surface area (Å²) in [6.45, 7) is 1.47. The number of thiophene rings is 1. The van der Waals surface area contributed by atoms with Gasteiger partial charge in [-0.2, -0.15) is 0 Å². The minimum absolute atomic E-state index is 0.0430. The lowest BCUT2D eigenvalue weighted by molar-refractivity contribution is -0.143. The Morgan fingerprint density at radius 1 is 1.07 bits per heavy atom. The van der Waals surface area contributed by atoms with Gasteiger partial charge < -0.3 is 9.84 Å². The monoisotopic (exact) mass is 393 g/mol. The standard InChI is InChI=1S/C23H23NO3S/c25-23(26)18-8-5-13-24(16-18)22(21-12-6-14-28-21)17-7-4-11-20(15-17)27-19-9-2-1-3-10-19/h1-4,6-7,9-12,14-15,18,22H,5,8,13,16H2,(H,25,26). The number of para-hydroxylation sites is 1. The molecule has 5 heteroatoms. The van der Waals surface area contributed by atoms with E-state index in [-0.39, 0.29) is 12.0 Å². The van der Waals surface area contributed by atoms with Gasteiger partial charge in [-0.05, 0) is 60.7 Å². The fraction of sp³-hybridized carbons (Fsp3) is 0.261. The first-order valence-electron chi connectivity index (χ1n) is 9.54. The normalized spacial score (nSPS) is 18.5. The predicted molar refractivity (Wildman–Crippen MR) is 111 cm³/mol. The highest BCUT2D eigenvalue weighted by Gasteiger charge is 2.31. The molecule has 1 N–H and O–H groups in total. The number of hydrogen-bond donors (Lipinski definition) is 1. The Balaban J connectivity index is 1.64. The van der Waals surface area contributed by atoms with E-state index in [4.69, 9.17) is 4.74 Å². The largest absolute Gasteiger partial charge is 0.481 e. The quantitative estimate of drug-likeness (QED) is 0.607. The molecule has 0 bridgehead atoms. The summed E-state index contributed by atoms with van der Waals surface area (Å²) in [6, 6.07) is 22.1. The lowest BCUT2D eigenvalue weighted by Crippen LogP contribution is -2.41. The summed E-state index contributed by atoms with van der Waals surface area (Å²) >= 11 is 1.71.